The molecular formula is C14H19N5. The van der Waals surface area contributed by atoms with Gasteiger partial charge in [-0.05, 0) is 19.4 Å². The Hall–Kier alpha value is -1.75. The Morgan fingerprint density at radius 1 is 1.37 bits per heavy atom. The molecule has 5 nitrogen and oxygen atoms in total. The van der Waals surface area contributed by atoms with Gasteiger partial charge in [0.05, 0.1) is 24.1 Å². The summed E-state index contributed by atoms with van der Waals surface area (Å²) in [6.45, 7) is 5.34. The van der Waals surface area contributed by atoms with Gasteiger partial charge in [0.1, 0.15) is 5.82 Å². The molecule has 1 aliphatic heterocycles. The number of nitrogens with zero attached hydrogens (tertiary/aromatic N) is 4. The molecule has 1 atom stereocenters. The Morgan fingerprint density at radius 2 is 2.26 bits per heavy atom. The fraction of sp³-hybridized carbons (Fsp3) is 0.500. The molecular weight excluding hydrogens is 238 g/mol. The van der Waals surface area contributed by atoms with E-state index >= 15 is 0 Å². The molecule has 2 aromatic heterocycles. The van der Waals surface area contributed by atoms with Gasteiger partial charge in [-0.25, -0.2) is 9.97 Å². The summed E-state index contributed by atoms with van der Waals surface area (Å²) in [7, 11) is 0. The van der Waals surface area contributed by atoms with Gasteiger partial charge < -0.3 is 5.32 Å². The van der Waals surface area contributed by atoms with Crippen molar-refractivity contribution in [2.45, 2.75) is 38.6 Å². The lowest BCUT2D eigenvalue weighted by Gasteiger charge is -2.13. The maximum Gasteiger partial charge on any atom is 0.156 e. The summed E-state index contributed by atoms with van der Waals surface area (Å²) in [4.78, 5) is 13.5. The number of aromatic nitrogens is 4. The Kier molecular flexibility index (Phi) is 3.29. The predicted molar refractivity (Wildman–Crippen MR) is 73.2 cm³/mol. The van der Waals surface area contributed by atoms with E-state index in [-0.39, 0.29) is 0 Å². The Morgan fingerprint density at radius 3 is 3.00 bits per heavy atom. The van der Waals surface area contributed by atoms with Gasteiger partial charge in [-0.1, -0.05) is 13.8 Å². The van der Waals surface area contributed by atoms with Gasteiger partial charge in [0, 0.05) is 18.3 Å². The minimum atomic E-state index is 0.346. The summed E-state index contributed by atoms with van der Waals surface area (Å²) in [6.07, 6.45) is 9.77. The monoisotopic (exact) mass is 257 g/mol. The lowest BCUT2D eigenvalue weighted by molar-refractivity contribution is 0.619. The fourth-order valence-corrected chi connectivity index (χ4v) is 2.53. The molecule has 0 amide bonds. The number of imidazole rings is 1. The molecule has 2 aromatic rings. The number of hydrogen-bond donors (Lipinski definition) is 1. The fourth-order valence-electron chi connectivity index (χ4n) is 2.53. The van der Waals surface area contributed by atoms with Gasteiger partial charge in [0.15, 0.2) is 5.82 Å². The molecule has 3 heterocycles. The molecule has 0 bridgehead atoms. The van der Waals surface area contributed by atoms with Crippen LogP contribution in [0.2, 0.25) is 0 Å². The zero-order chi connectivity index (χ0) is 13.2. The van der Waals surface area contributed by atoms with E-state index in [4.69, 9.17) is 4.98 Å². The zero-order valence-corrected chi connectivity index (χ0v) is 11.4. The van der Waals surface area contributed by atoms with Crippen molar-refractivity contribution in [2.75, 3.05) is 6.54 Å². The van der Waals surface area contributed by atoms with Gasteiger partial charge in [0.2, 0.25) is 0 Å². The summed E-state index contributed by atoms with van der Waals surface area (Å²) < 4.78 is 2.02. The van der Waals surface area contributed by atoms with Crippen LogP contribution in [0.4, 0.5) is 0 Å². The van der Waals surface area contributed by atoms with Gasteiger partial charge >= 0.3 is 0 Å². The standard InChI is InChI=1S/C14H19N5/c1-10(2)14-17-6-7-19(14)13-9-15-8-12(18-13)11-4-3-5-16-11/h6-11,16H,3-5H2,1-2H3. The van der Waals surface area contributed by atoms with E-state index in [1.165, 1.54) is 6.42 Å². The number of nitrogens with one attached hydrogen (secondary N) is 1. The van der Waals surface area contributed by atoms with Crippen LogP contribution in [0.3, 0.4) is 0 Å². The molecule has 0 spiro atoms. The highest BCUT2D eigenvalue weighted by atomic mass is 15.1. The van der Waals surface area contributed by atoms with E-state index in [0.717, 1.165) is 30.3 Å². The summed E-state index contributed by atoms with van der Waals surface area (Å²) in [5.41, 5.74) is 1.03. The van der Waals surface area contributed by atoms with Crippen molar-refractivity contribution in [3.05, 3.63) is 36.3 Å². The van der Waals surface area contributed by atoms with E-state index in [1.54, 1.807) is 6.20 Å². The van der Waals surface area contributed by atoms with E-state index in [0.29, 0.717) is 12.0 Å². The van der Waals surface area contributed by atoms with Crippen LogP contribution in [0, 0.1) is 0 Å². The highest BCUT2D eigenvalue weighted by molar-refractivity contribution is 5.24. The average molecular weight is 257 g/mol. The smallest absolute Gasteiger partial charge is 0.156 e. The molecule has 0 aliphatic carbocycles. The highest BCUT2D eigenvalue weighted by Crippen LogP contribution is 2.22. The first-order valence-electron chi connectivity index (χ1n) is 6.84. The van der Waals surface area contributed by atoms with E-state index in [9.17, 15) is 0 Å². The van der Waals surface area contributed by atoms with Crippen molar-refractivity contribution in [2.24, 2.45) is 0 Å². The molecule has 1 unspecified atom stereocenters. The van der Waals surface area contributed by atoms with Gasteiger partial charge in [-0.2, -0.15) is 0 Å². The third-order valence-electron chi connectivity index (χ3n) is 3.49. The molecule has 5 heteroatoms. The van der Waals surface area contributed by atoms with Gasteiger partial charge in [-0.3, -0.25) is 9.55 Å². The lowest BCUT2D eigenvalue weighted by Crippen LogP contribution is -2.16. The van der Waals surface area contributed by atoms with Crippen LogP contribution in [0.1, 0.15) is 50.2 Å². The van der Waals surface area contributed by atoms with Crippen molar-refractivity contribution in [1.82, 2.24) is 24.8 Å². The summed E-state index contributed by atoms with van der Waals surface area (Å²) in [5, 5.41) is 3.46. The maximum absolute atomic E-state index is 4.74. The Balaban J connectivity index is 1.96. The van der Waals surface area contributed by atoms with Crippen LogP contribution in [0.5, 0.6) is 0 Å². The lowest BCUT2D eigenvalue weighted by atomic mass is 10.2. The first-order chi connectivity index (χ1) is 9.25. The van der Waals surface area contributed by atoms with Crippen molar-refractivity contribution < 1.29 is 0 Å². The van der Waals surface area contributed by atoms with Crippen LogP contribution in [0.15, 0.2) is 24.8 Å². The maximum atomic E-state index is 4.74. The van der Waals surface area contributed by atoms with Crippen LogP contribution in [-0.2, 0) is 0 Å². The van der Waals surface area contributed by atoms with Crippen LogP contribution in [-0.4, -0.2) is 26.1 Å². The third-order valence-corrected chi connectivity index (χ3v) is 3.49. The van der Waals surface area contributed by atoms with Gasteiger partial charge in [-0.15, -0.1) is 0 Å². The molecule has 1 aliphatic rings. The SMILES string of the molecule is CC(C)c1nccn1-c1cncc(C2CCCN2)n1. The summed E-state index contributed by atoms with van der Waals surface area (Å²) >= 11 is 0. The quantitative estimate of drug-likeness (QED) is 0.916. The normalized spacial score (nSPS) is 19.2. The van der Waals surface area contributed by atoms with Crippen LogP contribution in [0.25, 0.3) is 5.82 Å². The number of rotatable bonds is 3. The van der Waals surface area contributed by atoms with Crippen molar-refractivity contribution in [3.8, 4) is 5.82 Å². The first kappa shape index (κ1) is 12.3. The van der Waals surface area contributed by atoms with Crippen LogP contribution < -0.4 is 5.32 Å². The molecule has 0 radical (unpaired) electrons. The molecule has 100 valence electrons. The van der Waals surface area contributed by atoms with Crippen LogP contribution >= 0.6 is 0 Å². The Labute approximate surface area is 113 Å². The molecule has 3 rings (SSSR count). The molecule has 1 N–H and O–H groups in total. The molecule has 19 heavy (non-hydrogen) atoms. The van der Waals surface area contributed by atoms with Crippen molar-refractivity contribution in [1.29, 1.82) is 0 Å². The zero-order valence-electron chi connectivity index (χ0n) is 11.4. The van der Waals surface area contributed by atoms with E-state index < -0.39 is 0 Å². The molecule has 0 saturated carbocycles. The molecule has 1 saturated heterocycles. The summed E-state index contributed by atoms with van der Waals surface area (Å²) in [6, 6.07) is 0.346. The van der Waals surface area contributed by atoms with E-state index in [2.05, 4.69) is 29.1 Å². The van der Waals surface area contributed by atoms with Crippen molar-refractivity contribution >= 4 is 0 Å². The Bertz CT molecular complexity index is 554. The highest BCUT2D eigenvalue weighted by Gasteiger charge is 2.19. The summed E-state index contributed by atoms with van der Waals surface area (Å²) in [5.74, 6) is 2.24. The second-order valence-corrected chi connectivity index (χ2v) is 5.26. The largest absolute Gasteiger partial charge is 0.309 e. The predicted octanol–water partition coefficient (Wildman–Crippen LogP) is 2.21. The minimum absolute atomic E-state index is 0.346. The molecule has 0 aromatic carbocycles. The second-order valence-electron chi connectivity index (χ2n) is 5.26. The minimum Gasteiger partial charge on any atom is -0.309 e. The van der Waals surface area contributed by atoms with Gasteiger partial charge in [0.25, 0.3) is 0 Å². The third kappa shape index (κ3) is 2.38. The first-order valence-corrected chi connectivity index (χ1v) is 6.84. The number of hydrogen-bond acceptors (Lipinski definition) is 4. The molecule has 1 fully saturated rings. The topological polar surface area (TPSA) is 55.6 Å². The average Bonchev–Trinajstić information content (AvgIpc) is 3.10. The second kappa shape index (κ2) is 5.09. The van der Waals surface area contributed by atoms with Crippen molar-refractivity contribution in [3.63, 3.8) is 0 Å². The van der Waals surface area contributed by atoms with E-state index in [1.807, 2.05) is 23.2 Å².